The second kappa shape index (κ2) is 4.51. The van der Waals surface area contributed by atoms with Crippen LogP contribution in [0.25, 0.3) is 5.65 Å². The molecule has 2 rings (SSSR count). The molecule has 4 nitrogen and oxygen atoms in total. The highest BCUT2D eigenvalue weighted by Gasteiger charge is 2.06. The smallest absolute Gasteiger partial charge is 0.251 e. The summed E-state index contributed by atoms with van der Waals surface area (Å²) in [4.78, 5) is 14.3. The minimum atomic E-state index is -0.0427. The van der Waals surface area contributed by atoms with Gasteiger partial charge in [-0.3, -0.25) is 4.79 Å². The number of aryl methyl sites for hydroxylation is 2. The van der Waals surface area contributed by atoms with Crippen LogP contribution in [0.4, 0.5) is 0 Å². The van der Waals surface area contributed by atoms with Gasteiger partial charge in [-0.1, -0.05) is 26.7 Å². The summed E-state index contributed by atoms with van der Waals surface area (Å²) in [7, 11) is 0. The molecule has 16 heavy (non-hydrogen) atoms. The predicted octanol–water partition coefficient (Wildman–Crippen LogP) is 1.93. The van der Waals surface area contributed by atoms with Crippen molar-refractivity contribution in [2.24, 2.45) is 0 Å². The number of rotatable bonds is 4. The van der Waals surface area contributed by atoms with Gasteiger partial charge in [0.2, 0.25) is 0 Å². The molecule has 0 aromatic carbocycles. The normalized spacial score (nSPS) is 11.1. The molecule has 2 aromatic heterocycles. The van der Waals surface area contributed by atoms with Gasteiger partial charge < -0.3 is 4.98 Å². The Morgan fingerprint density at radius 1 is 1.25 bits per heavy atom. The molecule has 2 heterocycles. The van der Waals surface area contributed by atoms with Gasteiger partial charge in [0, 0.05) is 17.8 Å². The van der Waals surface area contributed by atoms with Gasteiger partial charge in [0.05, 0.1) is 5.69 Å². The van der Waals surface area contributed by atoms with E-state index in [-0.39, 0.29) is 5.56 Å². The lowest BCUT2D eigenvalue weighted by Crippen LogP contribution is -2.11. The molecule has 0 aliphatic carbocycles. The fraction of sp³-hybridized carbons (Fsp3) is 0.500. The second-order valence-corrected chi connectivity index (χ2v) is 4.06. The highest BCUT2D eigenvalue weighted by atomic mass is 16.1. The van der Waals surface area contributed by atoms with Crippen molar-refractivity contribution in [3.05, 3.63) is 33.9 Å². The minimum Gasteiger partial charge on any atom is -0.307 e. The number of nitrogens with one attached hydrogen (secondary N) is 1. The molecule has 0 atom stereocenters. The molecule has 0 aliphatic rings. The van der Waals surface area contributed by atoms with E-state index in [0.29, 0.717) is 0 Å². The summed E-state index contributed by atoms with van der Waals surface area (Å²) in [6.07, 6.45) is 3.92. The van der Waals surface area contributed by atoms with Crippen LogP contribution in [-0.2, 0) is 12.8 Å². The van der Waals surface area contributed by atoms with E-state index in [0.717, 1.165) is 42.7 Å². The van der Waals surface area contributed by atoms with Crippen LogP contribution in [0, 0.1) is 0 Å². The van der Waals surface area contributed by atoms with Crippen molar-refractivity contribution in [3.8, 4) is 0 Å². The van der Waals surface area contributed by atoms with E-state index < -0.39 is 0 Å². The lowest BCUT2D eigenvalue weighted by atomic mass is 10.2. The van der Waals surface area contributed by atoms with E-state index in [1.807, 2.05) is 10.6 Å². The lowest BCUT2D eigenvalue weighted by Gasteiger charge is -2.01. The van der Waals surface area contributed by atoms with E-state index in [1.54, 1.807) is 6.07 Å². The monoisotopic (exact) mass is 219 g/mol. The maximum Gasteiger partial charge on any atom is 0.251 e. The van der Waals surface area contributed by atoms with Gasteiger partial charge in [-0.2, -0.15) is 5.10 Å². The number of hydrogen-bond donors (Lipinski definition) is 1. The van der Waals surface area contributed by atoms with Crippen molar-refractivity contribution in [2.75, 3.05) is 0 Å². The zero-order valence-electron chi connectivity index (χ0n) is 9.79. The van der Waals surface area contributed by atoms with E-state index in [4.69, 9.17) is 0 Å². The van der Waals surface area contributed by atoms with Gasteiger partial charge in [-0.15, -0.1) is 0 Å². The molecule has 2 aromatic rings. The molecule has 1 N–H and O–H groups in total. The summed E-state index contributed by atoms with van der Waals surface area (Å²) in [5.74, 6) is 0. The van der Waals surface area contributed by atoms with Crippen LogP contribution in [0.15, 0.2) is 16.9 Å². The van der Waals surface area contributed by atoms with Crippen molar-refractivity contribution >= 4 is 5.65 Å². The Bertz CT molecular complexity index is 539. The molecule has 0 spiro atoms. The number of aromatic nitrogens is 3. The molecule has 0 unspecified atom stereocenters. The van der Waals surface area contributed by atoms with Crippen molar-refractivity contribution in [3.63, 3.8) is 0 Å². The van der Waals surface area contributed by atoms with Crippen LogP contribution in [-0.4, -0.2) is 14.6 Å². The SMILES string of the molecule is CCCc1cc2[nH]c(=O)cc(CCC)n2n1. The predicted molar refractivity (Wildman–Crippen MR) is 63.8 cm³/mol. The highest BCUT2D eigenvalue weighted by Crippen LogP contribution is 2.08. The molecule has 0 bridgehead atoms. The van der Waals surface area contributed by atoms with Crippen LogP contribution in [0.3, 0.4) is 0 Å². The first-order chi connectivity index (χ1) is 7.74. The van der Waals surface area contributed by atoms with Crippen molar-refractivity contribution in [1.82, 2.24) is 14.6 Å². The number of aromatic amines is 1. The summed E-state index contributed by atoms with van der Waals surface area (Å²) < 4.78 is 1.86. The molecular weight excluding hydrogens is 202 g/mol. The van der Waals surface area contributed by atoms with Crippen molar-refractivity contribution < 1.29 is 0 Å². The van der Waals surface area contributed by atoms with Gasteiger partial charge in [0.1, 0.15) is 5.65 Å². The van der Waals surface area contributed by atoms with Crippen LogP contribution < -0.4 is 5.56 Å². The Morgan fingerprint density at radius 3 is 2.69 bits per heavy atom. The van der Waals surface area contributed by atoms with E-state index in [2.05, 4.69) is 23.9 Å². The summed E-state index contributed by atoms with van der Waals surface area (Å²) in [6, 6.07) is 3.60. The fourth-order valence-electron chi connectivity index (χ4n) is 1.93. The molecule has 0 amide bonds. The van der Waals surface area contributed by atoms with Gasteiger partial charge in [-0.05, 0) is 12.8 Å². The van der Waals surface area contributed by atoms with E-state index in [9.17, 15) is 4.79 Å². The zero-order chi connectivity index (χ0) is 11.5. The maximum absolute atomic E-state index is 11.4. The summed E-state index contributed by atoms with van der Waals surface area (Å²) >= 11 is 0. The summed E-state index contributed by atoms with van der Waals surface area (Å²) in [6.45, 7) is 4.23. The van der Waals surface area contributed by atoms with Crippen molar-refractivity contribution in [2.45, 2.75) is 39.5 Å². The first kappa shape index (κ1) is 10.9. The van der Waals surface area contributed by atoms with Crippen molar-refractivity contribution in [1.29, 1.82) is 0 Å². The first-order valence-corrected chi connectivity index (χ1v) is 5.85. The third-order valence-corrected chi connectivity index (χ3v) is 2.59. The molecular formula is C12H17N3O. The molecule has 0 fully saturated rings. The summed E-state index contributed by atoms with van der Waals surface area (Å²) in [5.41, 5.74) is 2.80. The van der Waals surface area contributed by atoms with Gasteiger partial charge in [0.25, 0.3) is 5.56 Å². The Morgan fingerprint density at radius 2 is 2.00 bits per heavy atom. The van der Waals surface area contributed by atoms with Crippen LogP contribution >= 0.6 is 0 Å². The summed E-state index contributed by atoms with van der Waals surface area (Å²) in [5, 5.41) is 4.51. The maximum atomic E-state index is 11.4. The van der Waals surface area contributed by atoms with Gasteiger partial charge >= 0.3 is 0 Å². The largest absolute Gasteiger partial charge is 0.307 e. The topological polar surface area (TPSA) is 50.2 Å². The van der Waals surface area contributed by atoms with E-state index >= 15 is 0 Å². The molecule has 0 radical (unpaired) electrons. The quantitative estimate of drug-likeness (QED) is 0.854. The Hall–Kier alpha value is -1.58. The van der Waals surface area contributed by atoms with Crippen LogP contribution in [0.5, 0.6) is 0 Å². The molecule has 0 saturated carbocycles. The first-order valence-electron chi connectivity index (χ1n) is 5.85. The highest BCUT2D eigenvalue weighted by molar-refractivity contribution is 5.40. The third-order valence-electron chi connectivity index (χ3n) is 2.59. The number of H-pyrrole nitrogens is 1. The number of hydrogen-bond acceptors (Lipinski definition) is 2. The van der Waals surface area contributed by atoms with Gasteiger partial charge in [0.15, 0.2) is 0 Å². The van der Waals surface area contributed by atoms with E-state index in [1.165, 1.54) is 0 Å². The van der Waals surface area contributed by atoms with Crippen LogP contribution in [0.2, 0.25) is 0 Å². The Balaban J connectivity index is 2.56. The average molecular weight is 219 g/mol. The number of fused-ring (bicyclic) bond motifs is 1. The van der Waals surface area contributed by atoms with Crippen LogP contribution in [0.1, 0.15) is 38.1 Å². The molecule has 86 valence electrons. The lowest BCUT2D eigenvalue weighted by molar-refractivity contribution is 0.766. The molecule has 4 heteroatoms. The zero-order valence-corrected chi connectivity index (χ0v) is 9.79. The fourth-order valence-corrected chi connectivity index (χ4v) is 1.93. The third kappa shape index (κ3) is 2.01. The average Bonchev–Trinajstić information content (AvgIpc) is 2.61. The molecule has 0 saturated heterocycles. The second-order valence-electron chi connectivity index (χ2n) is 4.06. The van der Waals surface area contributed by atoms with Gasteiger partial charge in [-0.25, -0.2) is 4.52 Å². The number of nitrogens with zero attached hydrogens (tertiary/aromatic N) is 2. The Labute approximate surface area is 94.3 Å². The standard InChI is InChI=1S/C12H17N3O/c1-3-5-9-7-11-13-12(16)8-10(6-4-2)15(11)14-9/h7-8H,3-6H2,1-2H3,(H,13,16). The Kier molecular flexibility index (Phi) is 3.08. The molecule has 0 aliphatic heterocycles. The minimum absolute atomic E-state index is 0.0427.